The van der Waals surface area contributed by atoms with Gasteiger partial charge in [-0.05, 0) is 31.1 Å². The number of rotatable bonds is 3. The number of piperidine rings is 1. The molecule has 1 saturated heterocycles. The van der Waals surface area contributed by atoms with Crippen LogP contribution < -0.4 is 0 Å². The molecule has 0 aliphatic carbocycles. The van der Waals surface area contributed by atoms with Crippen LogP contribution in [0.1, 0.15) is 31.0 Å². The monoisotopic (exact) mass is 418 g/mol. The molecule has 1 fully saturated rings. The molecule has 2 aromatic rings. The van der Waals surface area contributed by atoms with E-state index in [1.54, 1.807) is 12.1 Å². The number of nitriles is 1. The minimum atomic E-state index is -4.47. The Morgan fingerprint density at radius 3 is 2.97 bits per heavy atom. The quantitative estimate of drug-likeness (QED) is 0.798. The zero-order valence-electron chi connectivity index (χ0n) is 16.0. The summed E-state index contributed by atoms with van der Waals surface area (Å²) in [6.07, 6.45) is 0.431. The summed E-state index contributed by atoms with van der Waals surface area (Å²) < 4.78 is 41.3. The lowest BCUT2D eigenvalue weighted by Gasteiger charge is -2.39. The van der Waals surface area contributed by atoms with Gasteiger partial charge in [0.1, 0.15) is 17.8 Å². The van der Waals surface area contributed by atoms with E-state index in [0.717, 1.165) is 6.08 Å². The molecule has 7 nitrogen and oxygen atoms in total. The second kappa shape index (κ2) is 8.07. The van der Waals surface area contributed by atoms with E-state index in [1.807, 2.05) is 4.90 Å². The minimum Gasteiger partial charge on any atom is -0.393 e. The van der Waals surface area contributed by atoms with Gasteiger partial charge >= 0.3 is 6.18 Å². The van der Waals surface area contributed by atoms with Crippen molar-refractivity contribution in [2.75, 3.05) is 13.1 Å². The molecule has 0 amide bonds. The number of H-pyrrole nitrogens is 1. The Labute approximate surface area is 170 Å². The van der Waals surface area contributed by atoms with Crippen molar-refractivity contribution in [3.63, 3.8) is 0 Å². The zero-order chi connectivity index (χ0) is 21.3. The van der Waals surface area contributed by atoms with Gasteiger partial charge in [0.15, 0.2) is 5.65 Å². The van der Waals surface area contributed by atoms with Gasteiger partial charge in [0.25, 0.3) is 0 Å². The van der Waals surface area contributed by atoms with Crippen LogP contribution in [0.3, 0.4) is 0 Å². The third-order valence-corrected chi connectivity index (χ3v) is 5.74. The highest BCUT2D eigenvalue weighted by Gasteiger charge is 2.46. The predicted octanol–water partition coefficient (Wildman–Crippen LogP) is 3.13. The van der Waals surface area contributed by atoms with Crippen LogP contribution in [0.5, 0.6) is 0 Å². The summed E-state index contributed by atoms with van der Waals surface area (Å²) in [5.74, 6) is -1.46. The molecule has 0 bridgehead atoms. The SMILES string of the molecule is N#CCCC1CN(C2=NC(c3[nH]nc4ncccc34)C(C(F)(F)F)C=C2)CCC1O. The maximum absolute atomic E-state index is 13.8. The van der Waals surface area contributed by atoms with Crippen molar-refractivity contribution in [1.82, 2.24) is 20.1 Å². The molecule has 10 heteroatoms. The van der Waals surface area contributed by atoms with Gasteiger partial charge < -0.3 is 10.0 Å². The number of nitrogens with zero attached hydrogens (tertiary/aromatic N) is 5. The van der Waals surface area contributed by atoms with Crippen LogP contribution in [0, 0.1) is 23.2 Å². The molecular formula is C20H21F3N6O. The number of amidine groups is 1. The van der Waals surface area contributed by atoms with Crippen LogP contribution in [0.4, 0.5) is 13.2 Å². The van der Waals surface area contributed by atoms with E-state index in [0.29, 0.717) is 49.2 Å². The van der Waals surface area contributed by atoms with E-state index in [4.69, 9.17) is 5.26 Å². The standard InChI is InChI=1S/C20H21F3N6O/c21-20(22,23)14-5-6-16(29-10-7-15(30)12(11-29)3-1-8-24)26-18(14)17-13-4-2-9-25-19(13)28-27-17/h2,4-6,9,12,14-15,18,30H,1,3,7,10-11H2,(H,25,27,28). The number of dihydropyridines is 1. The van der Waals surface area contributed by atoms with Gasteiger partial charge in [-0.3, -0.25) is 10.1 Å². The second-order valence-corrected chi connectivity index (χ2v) is 7.63. The van der Waals surface area contributed by atoms with Crippen LogP contribution in [0.2, 0.25) is 0 Å². The average Bonchev–Trinajstić information content (AvgIpc) is 3.16. The Bertz CT molecular complexity index is 1010. The van der Waals surface area contributed by atoms with Gasteiger partial charge in [0, 0.05) is 37.0 Å². The number of aromatic nitrogens is 3. The second-order valence-electron chi connectivity index (χ2n) is 7.63. The first-order valence-electron chi connectivity index (χ1n) is 9.80. The number of hydrogen-bond acceptors (Lipinski definition) is 6. The van der Waals surface area contributed by atoms with E-state index < -0.39 is 24.2 Å². The van der Waals surface area contributed by atoms with Crippen LogP contribution in [0.15, 0.2) is 35.5 Å². The first-order valence-corrected chi connectivity index (χ1v) is 9.80. The van der Waals surface area contributed by atoms with Gasteiger partial charge in [-0.1, -0.05) is 6.08 Å². The summed E-state index contributed by atoms with van der Waals surface area (Å²) in [5, 5.41) is 26.3. The molecule has 4 rings (SSSR count). The molecule has 0 aromatic carbocycles. The van der Waals surface area contributed by atoms with Crippen molar-refractivity contribution in [3.8, 4) is 6.07 Å². The fourth-order valence-electron chi connectivity index (χ4n) is 4.14. The van der Waals surface area contributed by atoms with E-state index >= 15 is 0 Å². The fraction of sp³-hybridized carbons (Fsp3) is 0.500. The van der Waals surface area contributed by atoms with Crippen molar-refractivity contribution in [2.45, 2.75) is 37.6 Å². The highest BCUT2D eigenvalue weighted by atomic mass is 19.4. The van der Waals surface area contributed by atoms with Crippen molar-refractivity contribution in [1.29, 1.82) is 5.26 Å². The first kappa shape index (κ1) is 20.3. The molecule has 0 radical (unpaired) electrons. The first-order chi connectivity index (χ1) is 14.4. The molecule has 4 unspecified atom stereocenters. The molecule has 158 valence electrons. The molecule has 4 atom stereocenters. The lowest BCUT2D eigenvalue weighted by Crippen LogP contribution is -2.46. The maximum Gasteiger partial charge on any atom is 0.397 e. The van der Waals surface area contributed by atoms with Crippen LogP contribution in [-0.2, 0) is 0 Å². The van der Waals surface area contributed by atoms with Crippen molar-refractivity contribution >= 4 is 16.9 Å². The van der Waals surface area contributed by atoms with Crippen molar-refractivity contribution in [2.24, 2.45) is 16.8 Å². The number of hydrogen-bond donors (Lipinski definition) is 2. The topological polar surface area (TPSA) is 101 Å². The number of aliphatic hydroxyl groups excluding tert-OH is 1. The summed E-state index contributed by atoms with van der Waals surface area (Å²) in [6.45, 7) is 0.933. The van der Waals surface area contributed by atoms with Crippen molar-refractivity contribution in [3.05, 3.63) is 36.2 Å². The van der Waals surface area contributed by atoms with E-state index in [-0.39, 0.29) is 11.6 Å². The van der Waals surface area contributed by atoms with Crippen LogP contribution in [0.25, 0.3) is 11.0 Å². The molecular weight excluding hydrogens is 397 g/mol. The number of likely N-dealkylation sites (tertiary alicyclic amines) is 1. The Morgan fingerprint density at radius 1 is 1.37 bits per heavy atom. The number of aliphatic hydroxyl groups is 1. The Balaban J connectivity index is 1.66. The third-order valence-electron chi connectivity index (χ3n) is 5.74. The summed E-state index contributed by atoms with van der Waals surface area (Å²) in [5.41, 5.74) is 0.623. The molecule has 2 aliphatic rings. The van der Waals surface area contributed by atoms with Crippen LogP contribution >= 0.6 is 0 Å². The molecule has 30 heavy (non-hydrogen) atoms. The van der Waals surface area contributed by atoms with Gasteiger partial charge in [-0.2, -0.15) is 23.5 Å². The fourth-order valence-corrected chi connectivity index (χ4v) is 4.14. The Morgan fingerprint density at radius 2 is 2.20 bits per heavy atom. The summed E-state index contributed by atoms with van der Waals surface area (Å²) in [6, 6.07) is 4.20. The highest BCUT2D eigenvalue weighted by molar-refractivity contribution is 5.94. The Kier molecular flexibility index (Phi) is 5.47. The number of aromatic amines is 1. The summed E-state index contributed by atoms with van der Waals surface area (Å²) >= 11 is 0. The molecule has 0 saturated carbocycles. The van der Waals surface area contributed by atoms with Gasteiger partial charge in [0.2, 0.25) is 0 Å². The summed E-state index contributed by atoms with van der Waals surface area (Å²) in [7, 11) is 0. The normalized spacial score (nSPS) is 27.2. The number of nitrogens with one attached hydrogen (secondary N) is 1. The minimum absolute atomic E-state index is 0.120. The highest BCUT2D eigenvalue weighted by Crippen LogP contribution is 2.42. The van der Waals surface area contributed by atoms with E-state index in [1.165, 1.54) is 12.3 Å². The number of aliphatic imine (C=N–C) groups is 1. The third kappa shape index (κ3) is 3.89. The van der Waals surface area contributed by atoms with E-state index in [2.05, 4.69) is 26.2 Å². The van der Waals surface area contributed by atoms with Gasteiger partial charge in [-0.25, -0.2) is 4.98 Å². The molecule has 4 heterocycles. The lowest BCUT2D eigenvalue weighted by atomic mass is 9.89. The number of pyridine rings is 1. The molecule has 2 N–H and O–H groups in total. The lowest BCUT2D eigenvalue weighted by molar-refractivity contribution is -0.166. The largest absolute Gasteiger partial charge is 0.397 e. The smallest absolute Gasteiger partial charge is 0.393 e. The molecule has 2 aliphatic heterocycles. The molecule has 2 aromatic heterocycles. The van der Waals surface area contributed by atoms with Gasteiger partial charge in [-0.15, -0.1) is 0 Å². The average molecular weight is 418 g/mol. The van der Waals surface area contributed by atoms with Crippen molar-refractivity contribution < 1.29 is 18.3 Å². The molecule has 0 spiro atoms. The van der Waals surface area contributed by atoms with Crippen LogP contribution in [-0.4, -0.2) is 56.4 Å². The van der Waals surface area contributed by atoms with Gasteiger partial charge in [0.05, 0.1) is 17.9 Å². The summed E-state index contributed by atoms with van der Waals surface area (Å²) in [4.78, 5) is 10.5. The Hall–Kier alpha value is -2.93. The number of halogens is 3. The number of fused-ring (bicyclic) bond motifs is 1. The predicted molar refractivity (Wildman–Crippen MR) is 103 cm³/mol. The van der Waals surface area contributed by atoms with E-state index in [9.17, 15) is 18.3 Å². The zero-order valence-corrected chi connectivity index (χ0v) is 16.0. The number of alkyl halides is 3. The maximum atomic E-state index is 13.8.